The Morgan fingerprint density at radius 1 is 1.15 bits per heavy atom. The summed E-state index contributed by atoms with van der Waals surface area (Å²) >= 11 is 0. The highest BCUT2D eigenvalue weighted by Crippen LogP contribution is 2.24. The van der Waals surface area contributed by atoms with E-state index in [1.165, 1.54) is 12.1 Å². The van der Waals surface area contributed by atoms with Crippen molar-refractivity contribution < 1.29 is 22.8 Å². The van der Waals surface area contributed by atoms with E-state index in [-0.39, 0.29) is 11.6 Å². The minimum absolute atomic E-state index is 0.0798. The van der Waals surface area contributed by atoms with E-state index in [9.17, 15) is 13.6 Å². The lowest BCUT2D eigenvalue weighted by molar-refractivity contribution is -0.122. The molecule has 140 valence electrons. The first-order valence-corrected chi connectivity index (χ1v) is 8.31. The van der Waals surface area contributed by atoms with Crippen LogP contribution in [0.2, 0.25) is 0 Å². The van der Waals surface area contributed by atoms with Gasteiger partial charge in [0.25, 0.3) is 5.91 Å². The molecule has 3 aromatic rings. The maximum atomic E-state index is 13.3. The maximum absolute atomic E-state index is 13.3. The van der Waals surface area contributed by atoms with Gasteiger partial charge in [-0.3, -0.25) is 10.1 Å². The van der Waals surface area contributed by atoms with E-state index in [4.69, 9.17) is 9.26 Å². The largest absolute Gasteiger partial charge is 0.481 e. The Morgan fingerprint density at radius 2 is 1.93 bits per heavy atom. The number of aryl methyl sites for hydroxylation is 1. The number of nitrogens with zero attached hydrogens (tertiary/aromatic N) is 1. The van der Waals surface area contributed by atoms with Crippen molar-refractivity contribution in [1.29, 1.82) is 0 Å². The molecule has 1 atom stereocenters. The molecule has 0 aliphatic heterocycles. The highest BCUT2D eigenvalue weighted by atomic mass is 19.2. The molecule has 0 bridgehead atoms. The number of aromatic nitrogens is 1. The molecule has 5 nitrogen and oxygen atoms in total. The molecule has 1 heterocycles. The number of carbonyl (C=O) groups excluding carboxylic acids is 1. The van der Waals surface area contributed by atoms with Crippen LogP contribution >= 0.6 is 0 Å². The number of halogens is 2. The fourth-order valence-electron chi connectivity index (χ4n) is 2.44. The molecule has 1 unspecified atom stereocenters. The van der Waals surface area contributed by atoms with Gasteiger partial charge in [0.05, 0.1) is 0 Å². The number of benzene rings is 2. The van der Waals surface area contributed by atoms with Crippen LogP contribution in [0, 0.1) is 25.5 Å². The number of hydrogen-bond acceptors (Lipinski definition) is 4. The van der Waals surface area contributed by atoms with Gasteiger partial charge in [0.15, 0.2) is 17.7 Å². The molecular weight excluding hydrogens is 354 g/mol. The number of nitrogens with one attached hydrogen (secondary N) is 1. The Labute approximate surface area is 154 Å². The van der Waals surface area contributed by atoms with Crippen molar-refractivity contribution in [3.05, 3.63) is 65.2 Å². The molecule has 1 N–H and O–H groups in total. The molecule has 0 saturated carbocycles. The number of hydrogen-bond donors (Lipinski definition) is 1. The first kappa shape index (κ1) is 18.6. The second kappa shape index (κ2) is 7.57. The minimum atomic E-state index is -0.989. The van der Waals surface area contributed by atoms with Gasteiger partial charge in [0.2, 0.25) is 5.88 Å². The molecule has 3 rings (SSSR count). The number of ether oxygens (including phenoxy) is 1. The lowest BCUT2D eigenvalue weighted by Gasteiger charge is -2.16. The summed E-state index contributed by atoms with van der Waals surface area (Å²) in [4.78, 5) is 12.3. The van der Waals surface area contributed by atoms with E-state index in [0.717, 1.165) is 23.3 Å². The minimum Gasteiger partial charge on any atom is -0.481 e. The fraction of sp³-hybridized carbons (Fsp3) is 0.200. The Bertz CT molecular complexity index is 985. The smallest absolute Gasteiger partial charge is 0.267 e. The number of amides is 1. The van der Waals surface area contributed by atoms with Crippen molar-refractivity contribution in [2.24, 2.45) is 0 Å². The predicted octanol–water partition coefficient (Wildman–Crippen LogP) is 4.64. The topological polar surface area (TPSA) is 64.4 Å². The normalized spacial score (nSPS) is 11.9. The van der Waals surface area contributed by atoms with Crippen LogP contribution in [-0.2, 0) is 4.79 Å². The Kier molecular flexibility index (Phi) is 5.21. The van der Waals surface area contributed by atoms with Crippen molar-refractivity contribution in [1.82, 2.24) is 5.16 Å². The molecule has 0 fully saturated rings. The average molecular weight is 372 g/mol. The van der Waals surface area contributed by atoms with Gasteiger partial charge in [-0.2, -0.15) is 0 Å². The van der Waals surface area contributed by atoms with Gasteiger partial charge < -0.3 is 9.26 Å². The zero-order valence-electron chi connectivity index (χ0n) is 15.0. The van der Waals surface area contributed by atoms with E-state index in [2.05, 4.69) is 10.5 Å². The second-order valence-electron chi connectivity index (χ2n) is 6.15. The summed E-state index contributed by atoms with van der Waals surface area (Å²) in [5.41, 5.74) is 2.62. The Morgan fingerprint density at radius 3 is 2.67 bits per heavy atom. The lowest BCUT2D eigenvalue weighted by atomic mass is 10.1. The molecule has 1 amide bonds. The molecule has 0 spiro atoms. The number of anilines is 1. The summed E-state index contributed by atoms with van der Waals surface area (Å²) < 4.78 is 37.1. The van der Waals surface area contributed by atoms with Crippen molar-refractivity contribution >= 4 is 11.8 Å². The molecule has 0 saturated heterocycles. The Hall–Kier alpha value is -3.22. The van der Waals surface area contributed by atoms with Crippen LogP contribution in [0.4, 0.5) is 14.7 Å². The van der Waals surface area contributed by atoms with E-state index in [1.54, 1.807) is 13.0 Å². The van der Waals surface area contributed by atoms with Crippen LogP contribution in [0.15, 0.2) is 47.0 Å². The SMILES string of the molecule is Cc1cccc(OC(C)C(=O)Nc2cc(-c3ccc(F)c(F)c3)no2)c1C. The first-order valence-electron chi connectivity index (χ1n) is 8.31. The fourth-order valence-corrected chi connectivity index (χ4v) is 2.44. The third kappa shape index (κ3) is 4.13. The number of carbonyl (C=O) groups is 1. The average Bonchev–Trinajstić information content (AvgIpc) is 3.09. The highest BCUT2D eigenvalue weighted by Gasteiger charge is 2.19. The van der Waals surface area contributed by atoms with Gasteiger partial charge in [-0.15, -0.1) is 0 Å². The molecule has 0 radical (unpaired) electrons. The van der Waals surface area contributed by atoms with Crippen LogP contribution < -0.4 is 10.1 Å². The summed E-state index contributed by atoms with van der Waals surface area (Å²) in [6.45, 7) is 5.49. The molecule has 27 heavy (non-hydrogen) atoms. The molecular formula is C20H18F2N2O3. The van der Waals surface area contributed by atoms with Gasteiger partial charge in [0.1, 0.15) is 11.4 Å². The van der Waals surface area contributed by atoms with E-state index in [1.807, 2.05) is 26.0 Å². The van der Waals surface area contributed by atoms with Crippen molar-refractivity contribution in [2.75, 3.05) is 5.32 Å². The third-order valence-corrected chi connectivity index (χ3v) is 4.20. The van der Waals surface area contributed by atoms with E-state index < -0.39 is 23.6 Å². The Balaban J connectivity index is 1.68. The van der Waals surface area contributed by atoms with Gasteiger partial charge in [0, 0.05) is 11.6 Å². The van der Waals surface area contributed by atoms with E-state index in [0.29, 0.717) is 11.3 Å². The zero-order chi connectivity index (χ0) is 19.6. The molecule has 7 heteroatoms. The van der Waals surface area contributed by atoms with Crippen molar-refractivity contribution in [3.63, 3.8) is 0 Å². The third-order valence-electron chi connectivity index (χ3n) is 4.20. The van der Waals surface area contributed by atoms with Crippen molar-refractivity contribution in [2.45, 2.75) is 26.9 Å². The summed E-state index contributed by atoms with van der Waals surface area (Å²) in [5.74, 6) is -1.66. The quantitative estimate of drug-likeness (QED) is 0.708. The zero-order valence-corrected chi connectivity index (χ0v) is 15.0. The molecule has 0 aliphatic rings. The second-order valence-corrected chi connectivity index (χ2v) is 6.15. The summed E-state index contributed by atoms with van der Waals surface area (Å²) in [5, 5.41) is 6.31. The predicted molar refractivity (Wildman–Crippen MR) is 96.5 cm³/mol. The molecule has 1 aromatic heterocycles. The van der Waals surface area contributed by atoms with Crippen molar-refractivity contribution in [3.8, 4) is 17.0 Å². The van der Waals surface area contributed by atoms with Crippen LogP contribution in [0.1, 0.15) is 18.1 Å². The molecule has 2 aromatic carbocycles. The van der Waals surface area contributed by atoms with Gasteiger partial charge in [-0.05, 0) is 56.2 Å². The van der Waals surface area contributed by atoms with Gasteiger partial charge in [-0.1, -0.05) is 17.3 Å². The summed E-state index contributed by atoms with van der Waals surface area (Å²) in [6, 6.07) is 10.4. The standard InChI is InChI=1S/C20H18F2N2O3/c1-11-5-4-6-18(12(11)2)26-13(3)20(25)23-19-10-17(24-27-19)14-7-8-15(21)16(22)9-14/h4-10,13H,1-3H3,(H,23,25). The molecule has 0 aliphatic carbocycles. The van der Waals surface area contributed by atoms with Crippen LogP contribution in [0.3, 0.4) is 0 Å². The van der Waals surface area contributed by atoms with E-state index >= 15 is 0 Å². The lowest BCUT2D eigenvalue weighted by Crippen LogP contribution is -2.30. The van der Waals surface area contributed by atoms with Gasteiger partial charge >= 0.3 is 0 Å². The van der Waals surface area contributed by atoms with Crippen LogP contribution in [-0.4, -0.2) is 17.2 Å². The summed E-state index contributed by atoms with van der Waals surface area (Å²) in [6.07, 6.45) is -0.776. The van der Waals surface area contributed by atoms with Crippen LogP contribution in [0.5, 0.6) is 5.75 Å². The number of rotatable bonds is 5. The van der Waals surface area contributed by atoms with Gasteiger partial charge in [-0.25, -0.2) is 8.78 Å². The van der Waals surface area contributed by atoms with Crippen LogP contribution in [0.25, 0.3) is 11.3 Å². The maximum Gasteiger partial charge on any atom is 0.267 e. The monoisotopic (exact) mass is 372 g/mol. The summed E-state index contributed by atoms with van der Waals surface area (Å²) in [7, 11) is 0. The first-order chi connectivity index (χ1) is 12.8. The highest BCUT2D eigenvalue weighted by molar-refractivity contribution is 5.93.